The molecule has 1 aromatic carbocycles. The number of carbonyl (C=O) groups excluding carboxylic acids is 2. The molecule has 0 heterocycles. The van der Waals surface area contributed by atoms with E-state index in [-0.39, 0.29) is 24.1 Å². The molecule has 0 unspecified atom stereocenters. The molecule has 0 saturated heterocycles. The van der Waals surface area contributed by atoms with Crippen LogP contribution < -0.4 is 10.6 Å². The van der Waals surface area contributed by atoms with Gasteiger partial charge in [0, 0.05) is 18.2 Å². The van der Waals surface area contributed by atoms with E-state index in [1.165, 1.54) is 18.2 Å². The number of amides is 2. The first kappa shape index (κ1) is 16.3. The van der Waals surface area contributed by atoms with Crippen molar-refractivity contribution in [3.05, 3.63) is 29.8 Å². The Morgan fingerprint density at radius 1 is 1.18 bits per heavy atom. The summed E-state index contributed by atoms with van der Waals surface area (Å²) < 4.78 is 36.6. The maximum Gasteiger partial charge on any atom is 0.471 e. The third-order valence-electron chi connectivity index (χ3n) is 3.64. The Hall–Kier alpha value is -2.05. The summed E-state index contributed by atoms with van der Waals surface area (Å²) in [5.74, 6) is -2.00. The molecular formula is C15H17F3N2O2. The van der Waals surface area contributed by atoms with E-state index in [0.717, 1.165) is 25.7 Å². The van der Waals surface area contributed by atoms with Crippen LogP contribution in [0.25, 0.3) is 0 Å². The van der Waals surface area contributed by atoms with Gasteiger partial charge in [-0.3, -0.25) is 9.59 Å². The number of carbonyl (C=O) groups is 2. The predicted molar refractivity (Wildman–Crippen MR) is 74.9 cm³/mol. The van der Waals surface area contributed by atoms with Crippen molar-refractivity contribution in [2.24, 2.45) is 5.92 Å². The minimum atomic E-state index is -4.92. The molecule has 0 aromatic heterocycles. The maximum absolute atomic E-state index is 12.2. The molecule has 4 nitrogen and oxygen atoms in total. The Morgan fingerprint density at radius 2 is 1.86 bits per heavy atom. The zero-order valence-corrected chi connectivity index (χ0v) is 11.9. The number of hydrogen-bond acceptors (Lipinski definition) is 2. The molecule has 1 saturated carbocycles. The lowest BCUT2D eigenvalue weighted by Gasteiger charge is -2.12. The molecule has 2 rings (SSSR count). The Labute approximate surface area is 126 Å². The van der Waals surface area contributed by atoms with Crippen LogP contribution in [-0.2, 0) is 16.1 Å². The van der Waals surface area contributed by atoms with Gasteiger partial charge in [0.15, 0.2) is 0 Å². The molecule has 1 aliphatic rings. The standard InChI is InChI=1S/C15H17F3N2O2/c16-15(17,18)14(22)20-12-7-3-4-10(8-12)9-19-13(21)11-5-1-2-6-11/h3-4,7-8,11H,1-2,5-6,9H2,(H,19,21)(H,20,22). The van der Waals surface area contributed by atoms with Crippen LogP contribution >= 0.6 is 0 Å². The van der Waals surface area contributed by atoms with Gasteiger partial charge in [0.2, 0.25) is 5.91 Å². The van der Waals surface area contributed by atoms with Crippen LogP contribution in [0.1, 0.15) is 31.2 Å². The fourth-order valence-electron chi connectivity index (χ4n) is 2.48. The molecule has 0 radical (unpaired) electrons. The monoisotopic (exact) mass is 314 g/mol. The van der Waals surface area contributed by atoms with Crippen molar-refractivity contribution in [3.8, 4) is 0 Å². The van der Waals surface area contributed by atoms with E-state index in [1.54, 1.807) is 11.4 Å². The lowest BCUT2D eigenvalue weighted by atomic mass is 10.1. The van der Waals surface area contributed by atoms with E-state index in [2.05, 4.69) is 5.32 Å². The second kappa shape index (κ2) is 6.81. The highest BCUT2D eigenvalue weighted by molar-refractivity contribution is 5.94. The number of anilines is 1. The normalized spacial score (nSPS) is 15.6. The van der Waals surface area contributed by atoms with Gasteiger partial charge in [0.1, 0.15) is 0 Å². The molecule has 22 heavy (non-hydrogen) atoms. The number of hydrogen-bond donors (Lipinski definition) is 2. The highest BCUT2D eigenvalue weighted by Crippen LogP contribution is 2.25. The first-order valence-electron chi connectivity index (χ1n) is 7.11. The van der Waals surface area contributed by atoms with Gasteiger partial charge in [0.05, 0.1) is 0 Å². The van der Waals surface area contributed by atoms with E-state index in [0.29, 0.717) is 5.56 Å². The second-order valence-corrected chi connectivity index (χ2v) is 5.35. The average Bonchev–Trinajstić information content (AvgIpc) is 2.98. The summed E-state index contributed by atoms with van der Waals surface area (Å²) in [5, 5.41) is 4.57. The van der Waals surface area contributed by atoms with Crippen molar-refractivity contribution < 1.29 is 22.8 Å². The Bertz CT molecular complexity index is 552. The Kier molecular flexibility index (Phi) is 5.05. The Morgan fingerprint density at radius 3 is 2.50 bits per heavy atom. The lowest BCUT2D eigenvalue weighted by Crippen LogP contribution is -2.30. The van der Waals surface area contributed by atoms with E-state index >= 15 is 0 Å². The molecule has 0 spiro atoms. The topological polar surface area (TPSA) is 58.2 Å². The Balaban J connectivity index is 1.91. The van der Waals surface area contributed by atoms with Crippen LogP contribution in [-0.4, -0.2) is 18.0 Å². The minimum Gasteiger partial charge on any atom is -0.352 e. The molecular weight excluding hydrogens is 297 g/mol. The summed E-state index contributed by atoms with van der Waals surface area (Å²) in [6.07, 6.45) is -1.05. The predicted octanol–water partition coefficient (Wildman–Crippen LogP) is 2.99. The minimum absolute atomic E-state index is 0.0257. The summed E-state index contributed by atoms with van der Waals surface area (Å²) in [7, 11) is 0. The quantitative estimate of drug-likeness (QED) is 0.897. The van der Waals surface area contributed by atoms with Crippen molar-refractivity contribution in [2.45, 2.75) is 38.4 Å². The SMILES string of the molecule is O=C(NCc1cccc(NC(=O)C(F)(F)F)c1)C1CCCC1. The third-order valence-corrected chi connectivity index (χ3v) is 3.64. The second-order valence-electron chi connectivity index (χ2n) is 5.35. The fourth-order valence-corrected chi connectivity index (χ4v) is 2.48. The third kappa shape index (κ3) is 4.47. The van der Waals surface area contributed by atoms with Crippen molar-refractivity contribution in [1.82, 2.24) is 5.32 Å². The molecule has 0 aliphatic heterocycles. The van der Waals surface area contributed by atoms with Gasteiger partial charge in [-0.2, -0.15) is 13.2 Å². The molecule has 1 aromatic rings. The number of nitrogens with one attached hydrogen (secondary N) is 2. The molecule has 120 valence electrons. The zero-order chi connectivity index (χ0) is 16.2. The number of benzene rings is 1. The van der Waals surface area contributed by atoms with Crippen LogP contribution in [0.2, 0.25) is 0 Å². The molecule has 7 heteroatoms. The zero-order valence-electron chi connectivity index (χ0n) is 11.9. The van der Waals surface area contributed by atoms with Crippen LogP contribution in [0.3, 0.4) is 0 Å². The van der Waals surface area contributed by atoms with Gasteiger partial charge in [-0.15, -0.1) is 0 Å². The van der Waals surface area contributed by atoms with Crippen LogP contribution in [0.5, 0.6) is 0 Å². The van der Waals surface area contributed by atoms with Crippen molar-refractivity contribution in [2.75, 3.05) is 5.32 Å². The first-order chi connectivity index (χ1) is 10.4. The van der Waals surface area contributed by atoms with Crippen LogP contribution in [0.4, 0.5) is 18.9 Å². The molecule has 2 N–H and O–H groups in total. The molecule has 0 atom stereocenters. The van der Waals surface area contributed by atoms with Gasteiger partial charge in [-0.1, -0.05) is 25.0 Å². The maximum atomic E-state index is 12.2. The summed E-state index contributed by atoms with van der Waals surface area (Å²) in [4.78, 5) is 22.8. The number of alkyl halides is 3. The molecule has 0 bridgehead atoms. The molecule has 1 aliphatic carbocycles. The van der Waals surface area contributed by atoms with Gasteiger partial charge in [0.25, 0.3) is 0 Å². The van der Waals surface area contributed by atoms with Crippen molar-refractivity contribution in [3.63, 3.8) is 0 Å². The van der Waals surface area contributed by atoms with E-state index in [1.807, 2.05) is 0 Å². The van der Waals surface area contributed by atoms with E-state index < -0.39 is 12.1 Å². The fraction of sp³-hybridized carbons (Fsp3) is 0.467. The van der Waals surface area contributed by atoms with Crippen molar-refractivity contribution >= 4 is 17.5 Å². The molecule has 1 fully saturated rings. The van der Waals surface area contributed by atoms with E-state index in [4.69, 9.17) is 0 Å². The molecule has 2 amide bonds. The number of rotatable bonds is 4. The summed E-state index contributed by atoms with van der Waals surface area (Å²) in [5.41, 5.74) is 0.682. The average molecular weight is 314 g/mol. The van der Waals surface area contributed by atoms with Crippen LogP contribution in [0.15, 0.2) is 24.3 Å². The van der Waals surface area contributed by atoms with Gasteiger partial charge in [-0.25, -0.2) is 0 Å². The van der Waals surface area contributed by atoms with Gasteiger partial charge >= 0.3 is 12.1 Å². The lowest BCUT2D eigenvalue weighted by molar-refractivity contribution is -0.167. The summed E-state index contributed by atoms with van der Waals surface area (Å²) >= 11 is 0. The smallest absolute Gasteiger partial charge is 0.352 e. The largest absolute Gasteiger partial charge is 0.471 e. The van der Waals surface area contributed by atoms with Crippen molar-refractivity contribution in [1.29, 1.82) is 0 Å². The van der Waals surface area contributed by atoms with Crippen LogP contribution in [0, 0.1) is 5.92 Å². The highest BCUT2D eigenvalue weighted by Gasteiger charge is 2.38. The summed E-state index contributed by atoms with van der Waals surface area (Å²) in [6.45, 7) is 0.227. The highest BCUT2D eigenvalue weighted by atomic mass is 19.4. The summed E-state index contributed by atoms with van der Waals surface area (Å²) in [6, 6.07) is 5.99. The van der Waals surface area contributed by atoms with E-state index in [9.17, 15) is 22.8 Å². The number of halogens is 3. The van der Waals surface area contributed by atoms with Gasteiger partial charge in [-0.05, 0) is 30.5 Å². The van der Waals surface area contributed by atoms with Gasteiger partial charge < -0.3 is 10.6 Å². The first-order valence-corrected chi connectivity index (χ1v) is 7.11.